The summed E-state index contributed by atoms with van der Waals surface area (Å²) in [5.41, 5.74) is 0. The summed E-state index contributed by atoms with van der Waals surface area (Å²) in [6.07, 6.45) is 47.9. The Morgan fingerprint density at radius 3 is 0.816 bits per heavy atom. The van der Waals surface area contributed by atoms with Gasteiger partial charge in [0.1, 0.15) is 0 Å². The van der Waals surface area contributed by atoms with Gasteiger partial charge in [0.15, 0.2) is 0 Å². The Kier molecular flexibility index (Phi) is 37.9. The second-order valence-corrected chi connectivity index (χ2v) is 18.7. The first kappa shape index (κ1) is 38.4. The molecule has 0 atom stereocenters. The van der Waals surface area contributed by atoms with Crippen LogP contribution >= 0.6 is 0 Å². The first-order valence-corrected chi connectivity index (χ1v) is 23.8. The highest BCUT2D eigenvalue weighted by atomic mass is 29.1. The third-order valence-electron chi connectivity index (χ3n) is 8.77. The Morgan fingerprint density at radius 2 is 0.526 bits per heavy atom. The average molecular weight is 566 g/mol. The van der Waals surface area contributed by atoms with Crippen molar-refractivity contribution in [3.8, 4) is 0 Å². The van der Waals surface area contributed by atoms with E-state index in [1.165, 1.54) is 180 Å². The second-order valence-electron chi connectivity index (χ2n) is 12.8. The molecule has 0 saturated heterocycles. The van der Waals surface area contributed by atoms with Crippen LogP contribution in [0, 0.1) is 0 Å². The van der Waals surface area contributed by atoms with Crippen LogP contribution in [0.25, 0.3) is 0 Å². The van der Waals surface area contributed by atoms with Crippen LogP contribution in [0.15, 0.2) is 0 Å². The summed E-state index contributed by atoms with van der Waals surface area (Å²) >= 11 is 0. The molecule has 0 spiro atoms. The SMILES string of the molecule is CCCCCCCCCCCCCCCCCC[SiH][SiH2]CCCCCCCCCCCCCCCCCC. The summed E-state index contributed by atoms with van der Waals surface area (Å²) in [6, 6.07) is 3.32. The molecule has 0 N–H and O–H groups in total. The number of rotatable bonds is 35. The molecule has 38 heavy (non-hydrogen) atoms. The average Bonchev–Trinajstić information content (AvgIpc) is 2.93. The van der Waals surface area contributed by atoms with Crippen LogP contribution in [0.1, 0.15) is 219 Å². The van der Waals surface area contributed by atoms with Crippen LogP contribution in [-0.4, -0.2) is 18.1 Å². The van der Waals surface area contributed by atoms with Crippen molar-refractivity contribution in [1.82, 2.24) is 0 Å². The molecule has 2 heteroatoms. The van der Waals surface area contributed by atoms with Gasteiger partial charge in [-0.2, -0.15) is 0 Å². The highest BCUT2D eigenvalue weighted by Gasteiger charge is 1.98. The van der Waals surface area contributed by atoms with Gasteiger partial charge in [-0.25, -0.2) is 0 Å². The summed E-state index contributed by atoms with van der Waals surface area (Å²) < 4.78 is 0. The van der Waals surface area contributed by atoms with Crippen LogP contribution in [0.5, 0.6) is 0 Å². The van der Waals surface area contributed by atoms with E-state index in [1.807, 2.05) is 0 Å². The predicted octanol–water partition coefficient (Wildman–Crippen LogP) is 12.9. The van der Waals surface area contributed by atoms with E-state index in [4.69, 9.17) is 0 Å². The van der Waals surface area contributed by atoms with Crippen LogP contribution in [0.3, 0.4) is 0 Å². The van der Waals surface area contributed by atoms with Gasteiger partial charge in [-0.15, -0.1) is 0 Å². The lowest BCUT2D eigenvalue weighted by molar-refractivity contribution is 0.531. The Hall–Kier alpha value is 0.434. The highest BCUT2D eigenvalue weighted by molar-refractivity contribution is 7.00. The van der Waals surface area contributed by atoms with E-state index in [-0.39, 0.29) is 0 Å². The lowest BCUT2D eigenvalue weighted by Gasteiger charge is -2.04. The normalized spacial score (nSPS) is 11.8. The van der Waals surface area contributed by atoms with E-state index in [2.05, 4.69) is 13.8 Å². The summed E-state index contributed by atoms with van der Waals surface area (Å²) in [6.45, 7) is 4.62. The molecular weight excluding hydrogens is 489 g/mol. The molecule has 0 rings (SSSR count). The lowest BCUT2D eigenvalue weighted by atomic mass is 10.0. The maximum absolute atomic E-state index is 2.31. The smallest absolute Gasteiger partial charge is 0.0135 e. The van der Waals surface area contributed by atoms with E-state index in [1.54, 1.807) is 37.8 Å². The molecule has 0 fully saturated rings. The van der Waals surface area contributed by atoms with Crippen molar-refractivity contribution in [2.24, 2.45) is 0 Å². The van der Waals surface area contributed by atoms with Gasteiger partial charge in [0, 0.05) is 18.1 Å². The molecule has 0 unspecified atom stereocenters. The second kappa shape index (κ2) is 37.4. The molecule has 0 nitrogen and oxygen atoms in total. The van der Waals surface area contributed by atoms with E-state index in [9.17, 15) is 0 Å². The minimum Gasteiger partial charge on any atom is -0.0654 e. The minimum absolute atomic E-state index is 0.364. The van der Waals surface area contributed by atoms with E-state index in [0.29, 0.717) is 9.04 Å². The molecule has 0 bridgehead atoms. The van der Waals surface area contributed by atoms with Gasteiger partial charge < -0.3 is 0 Å². The molecule has 0 aliphatic rings. The number of hydrogen-bond donors (Lipinski definition) is 0. The van der Waals surface area contributed by atoms with Crippen molar-refractivity contribution in [2.45, 2.75) is 231 Å². The van der Waals surface area contributed by atoms with Gasteiger partial charge in [0.05, 0.1) is 0 Å². The maximum Gasteiger partial charge on any atom is 0.0135 e. The number of hydrogen-bond acceptors (Lipinski definition) is 0. The summed E-state index contributed by atoms with van der Waals surface area (Å²) in [5.74, 6) is 0. The first-order valence-electron chi connectivity index (χ1n) is 18.7. The fourth-order valence-corrected chi connectivity index (χ4v) is 11.3. The van der Waals surface area contributed by atoms with Gasteiger partial charge in [0.25, 0.3) is 0 Å². The summed E-state index contributed by atoms with van der Waals surface area (Å²) in [5, 5.41) is 0. The van der Waals surface area contributed by atoms with E-state index >= 15 is 0 Å². The van der Waals surface area contributed by atoms with Crippen molar-refractivity contribution in [3.63, 3.8) is 0 Å². The summed E-state index contributed by atoms with van der Waals surface area (Å²) in [7, 11) is 1.27. The van der Waals surface area contributed by atoms with Gasteiger partial charge in [-0.05, 0) is 0 Å². The van der Waals surface area contributed by atoms with Crippen molar-refractivity contribution in [1.29, 1.82) is 0 Å². The first-order chi connectivity index (χ1) is 18.9. The third kappa shape index (κ3) is 36.4. The predicted molar refractivity (Wildman–Crippen MR) is 184 cm³/mol. The molecule has 0 heterocycles. The fraction of sp³-hybridized carbons (Fsp3) is 1.00. The summed E-state index contributed by atoms with van der Waals surface area (Å²) in [4.78, 5) is 0. The molecule has 0 aromatic heterocycles. The quantitative estimate of drug-likeness (QED) is 0.0529. The molecule has 0 aliphatic heterocycles. The van der Waals surface area contributed by atoms with Gasteiger partial charge >= 0.3 is 0 Å². The van der Waals surface area contributed by atoms with Gasteiger partial charge in [0.2, 0.25) is 0 Å². The molecule has 0 amide bonds. The standard InChI is InChI=1S/C36H77Si2/c1-3-5-7-9-11-13-15-17-19-21-23-25-27-29-31-33-35-37-38-36-34-32-30-28-26-24-22-20-18-16-14-12-10-8-6-4-2/h37H,3-36,38H2,1-2H3. The van der Waals surface area contributed by atoms with Crippen molar-refractivity contribution >= 4 is 18.1 Å². The van der Waals surface area contributed by atoms with Crippen LogP contribution in [0.4, 0.5) is 0 Å². The molecule has 0 aliphatic carbocycles. The minimum atomic E-state index is 0.364. The lowest BCUT2D eigenvalue weighted by Crippen LogP contribution is -2.02. The van der Waals surface area contributed by atoms with Gasteiger partial charge in [-0.1, -0.05) is 231 Å². The zero-order valence-corrected chi connectivity index (χ0v) is 29.9. The maximum atomic E-state index is 2.31. The van der Waals surface area contributed by atoms with Crippen LogP contribution in [0.2, 0.25) is 12.1 Å². The van der Waals surface area contributed by atoms with E-state index in [0.717, 1.165) is 9.04 Å². The molecule has 0 saturated carbocycles. The zero-order chi connectivity index (χ0) is 27.5. The molecule has 0 aromatic carbocycles. The van der Waals surface area contributed by atoms with Crippen molar-refractivity contribution in [3.05, 3.63) is 0 Å². The Balaban J connectivity index is 3.01. The Morgan fingerprint density at radius 1 is 0.289 bits per heavy atom. The third-order valence-corrected chi connectivity index (χ3v) is 14.6. The highest BCUT2D eigenvalue weighted by Crippen LogP contribution is 2.15. The van der Waals surface area contributed by atoms with E-state index < -0.39 is 0 Å². The topological polar surface area (TPSA) is 0 Å². The molecule has 0 aromatic rings. The molecule has 1 radical (unpaired) electrons. The van der Waals surface area contributed by atoms with Crippen LogP contribution in [-0.2, 0) is 0 Å². The largest absolute Gasteiger partial charge is 0.0654 e. The fourth-order valence-electron chi connectivity index (χ4n) is 5.99. The Labute approximate surface area is 248 Å². The Bertz CT molecular complexity index is 348. The number of unbranched alkanes of at least 4 members (excludes halogenated alkanes) is 30. The molecule has 229 valence electrons. The van der Waals surface area contributed by atoms with Gasteiger partial charge in [-0.3, -0.25) is 0 Å². The molecular formula is C36H77Si2. The zero-order valence-electron chi connectivity index (χ0n) is 27.3. The van der Waals surface area contributed by atoms with Crippen molar-refractivity contribution < 1.29 is 0 Å². The van der Waals surface area contributed by atoms with Crippen LogP contribution < -0.4 is 0 Å². The monoisotopic (exact) mass is 566 g/mol. The van der Waals surface area contributed by atoms with Crippen molar-refractivity contribution in [2.75, 3.05) is 0 Å².